The molecule has 4 rings (SSSR count). The second-order valence-corrected chi connectivity index (χ2v) is 8.84. The highest BCUT2D eigenvalue weighted by molar-refractivity contribution is 6.42. The minimum Gasteiger partial charge on any atom is -0.497 e. The number of methoxy groups -OCH3 is 1. The summed E-state index contributed by atoms with van der Waals surface area (Å²) in [5.41, 5.74) is 2.91. The Bertz CT molecular complexity index is 1210. The lowest BCUT2D eigenvalue weighted by Gasteiger charge is -2.22. The number of nitrogens with zero attached hydrogens (tertiary/aromatic N) is 1. The van der Waals surface area contributed by atoms with E-state index in [0.717, 1.165) is 16.9 Å². The Morgan fingerprint density at radius 2 is 1.85 bits per heavy atom. The first-order valence-electron chi connectivity index (χ1n) is 10.8. The molecule has 0 aliphatic carbocycles. The number of hydrogen-bond acceptors (Lipinski definition) is 4. The molecule has 1 heterocycles. The first kappa shape index (κ1) is 23.9. The summed E-state index contributed by atoms with van der Waals surface area (Å²) >= 11 is 12.0. The molecule has 176 valence electrons. The van der Waals surface area contributed by atoms with Gasteiger partial charge in [0, 0.05) is 29.9 Å². The molecule has 3 aromatic carbocycles. The summed E-state index contributed by atoms with van der Waals surface area (Å²) in [5.74, 6) is 1.03. The molecule has 6 nitrogen and oxygen atoms in total. The second-order valence-electron chi connectivity index (χ2n) is 8.02. The van der Waals surface area contributed by atoms with Gasteiger partial charge in [0.25, 0.3) is 11.8 Å². The molecule has 1 atom stereocenters. The van der Waals surface area contributed by atoms with E-state index < -0.39 is 6.10 Å². The van der Waals surface area contributed by atoms with Crippen LogP contribution in [0.4, 0.5) is 5.69 Å². The number of fused-ring (bicyclic) bond motifs is 1. The maximum atomic E-state index is 12.9. The third-order valence-electron chi connectivity index (χ3n) is 5.65. The van der Waals surface area contributed by atoms with Gasteiger partial charge in [-0.2, -0.15) is 0 Å². The van der Waals surface area contributed by atoms with Crippen LogP contribution >= 0.6 is 23.2 Å². The molecule has 1 N–H and O–H groups in total. The Balaban J connectivity index is 1.49. The maximum Gasteiger partial charge on any atom is 0.263 e. The normalized spacial score (nSPS) is 15.2. The van der Waals surface area contributed by atoms with Gasteiger partial charge in [-0.05, 0) is 67.4 Å². The van der Waals surface area contributed by atoms with Crippen LogP contribution in [0, 0.1) is 0 Å². The standard InChI is InChI=1S/C26H24Cl2N2O4/c1-16-26(32)30(12-11-17-3-7-21(33-2)8-4-17)15-19-13-20(6-10-24(19)34-16)29-25(31)18-5-9-22(27)23(28)14-18/h3-10,13-14,16H,11-12,15H2,1-2H3,(H,29,31). The number of halogens is 2. The molecule has 8 heteroatoms. The van der Waals surface area contributed by atoms with Gasteiger partial charge < -0.3 is 19.7 Å². The number of amides is 2. The Kier molecular flexibility index (Phi) is 7.29. The van der Waals surface area contributed by atoms with Gasteiger partial charge in [0.1, 0.15) is 11.5 Å². The lowest BCUT2D eigenvalue weighted by atomic mass is 10.1. The number of anilines is 1. The average Bonchev–Trinajstić information content (AvgIpc) is 2.95. The second kappa shape index (κ2) is 10.4. The molecule has 1 aliphatic heterocycles. The van der Waals surface area contributed by atoms with Crippen molar-refractivity contribution in [2.24, 2.45) is 0 Å². The highest BCUT2D eigenvalue weighted by Crippen LogP contribution is 2.29. The molecule has 34 heavy (non-hydrogen) atoms. The monoisotopic (exact) mass is 498 g/mol. The van der Waals surface area contributed by atoms with Crippen molar-refractivity contribution in [1.82, 2.24) is 4.90 Å². The number of carbonyl (C=O) groups is 2. The zero-order chi connectivity index (χ0) is 24.2. The summed E-state index contributed by atoms with van der Waals surface area (Å²) in [4.78, 5) is 27.4. The number of hydrogen-bond donors (Lipinski definition) is 1. The van der Waals surface area contributed by atoms with Crippen molar-refractivity contribution in [3.8, 4) is 11.5 Å². The van der Waals surface area contributed by atoms with Crippen molar-refractivity contribution in [3.05, 3.63) is 87.4 Å². The van der Waals surface area contributed by atoms with E-state index >= 15 is 0 Å². The number of rotatable bonds is 6. The van der Waals surface area contributed by atoms with Gasteiger partial charge >= 0.3 is 0 Å². The molecule has 1 aliphatic rings. The summed E-state index contributed by atoms with van der Waals surface area (Å²) in [6.07, 6.45) is 0.0969. The van der Waals surface area contributed by atoms with Gasteiger partial charge in [-0.25, -0.2) is 0 Å². The smallest absolute Gasteiger partial charge is 0.263 e. The van der Waals surface area contributed by atoms with Crippen molar-refractivity contribution in [2.75, 3.05) is 19.0 Å². The third kappa shape index (κ3) is 5.46. The predicted octanol–water partition coefficient (Wildman–Crippen LogP) is 5.61. The summed E-state index contributed by atoms with van der Waals surface area (Å²) in [6, 6.07) is 17.9. The van der Waals surface area contributed by atoms with Crippen LogP contribution in [0.15, 0.2) is 60.7 Å². The molecule has 0 spiro atoms. The average molecular weight is 499 g/mol. The van der Waals surface area contributed by atoms with E-state index in [2.05, 4.69) is 5.32 Å². The largest absolute Gasteiger partial charge is 0.497 e. The zero-order valence-electron chi connectivity index (χ0n) is 18.8. The SMILES string of the molecule is COc1ccc(CCN2Cc3cc(NC(=O)c4ccc(Cl)c(Cl)c4)ccc3OC(C)C2=O)cc1. The molecule has 0 saturated heterocycles. The summed E-state index contributed by atoms with van der Waals surface area (Å²) < 4.78 is 11.1. The molecular weight excluding hydrogens is 475 g/mol. The Hall–Kier alpha value is -3.22. The minimum absolute atomic E-state index is 0.0777. The highest BCUT2D eigenvalue weighted by atomic mass is 35.5. The molecule has 3 aromatic rings. The van der Waals surface area contributed by atoms with Crippen LogP contribution in [0.5, 0.6) is 11.5 Å². The number of nitrogens with one attached hydrogen (secondary N) is 1. The molecule has 0 aromatic heterocycles. The first-order valence-corrected chi connectivity index (χ1v) is 11.6. The van der Waals surface area contributed by atoms with Gasteiger partial charge in [0.15, 0.2) is 6.10 Å². The first-order chi connectivity index (χ1) is 16.3. The van der Waals surface area contributed by atoms with Crippen LogP contribution in [0.25, 0.3) is 0 Å². The van der Waals surface area contributed by atoms with E-state index in [0.29, 0.717) is 46.6 Å². The van der Waals surface area contributed by atoms with E-state index in [9.17, 15) is 9.59 Å². The highest BCUT2D eigenvalue weighted by Gasteiger charge is 2.28. The van der Waals surface area contributed by atoms with Crippen LogP contribution < -0.4 is 14.8 Å². The zero-order valence-corrected chi connectivity index (χ0v) is 20.3. The molecule has 0 saturated carbocycles. The Labute approximate surface area is 208 Å². The van der Waals surface area contributed by atoms with Crippen LogP contribution in [0.1, 0.15) is 28.4 Å². The van der Waals surface area contributed by atoms with E-state index in [1.165, 1.54) is 6.07 Å². The van der Waals surface area contributed by atoms with Crippen LogP contribution in [0.3, 0.4) is 0 Å². The van der Waals surface area contributed by atoms with E-state index in [1.807, 2.05) is 30.3 Å². The number of benzene rings is 3. The lowest BCUT2D eigenvalue weighted by molar-refractivity contribution is -0.137. The van der Waals surface area contributed by atoms with Gasteiger partial charge in [0.2, 0.25) is 0 Å². The number of carbonyl (C=O) groups excluding carboxylic acids is 2. The molecule has 0 bridgehead atoms. The fourth-order valence-electron chi connectivity index (χ4n) is 3.76. The lowest BCUT2D eigenvalue weighted by Crippen LogP contribution is -2.39. The van der Waals surface area contributed by atoms with Crippen molar-refractivity contribution < 1.29 is 19.1 Å². The molecular formula is C26H24Cl2N2O4. The van der Waals surface area contributed by atoms with Gasteiger partial charge in [0.05, 0.1) is 17.2 Å². The van der Waals surface area contributed by atoms with Gasteiger partial charge in [-0.1, -0.05) is 35.3 Å². The van der Waals surface area contributed by atoms with Gasteiger partial charge in [-0.15, -0.1) is 0 Å². The Morgan fingerprint density at radius 1 is 1.09 bits per heavy atom. The van der Waals surface area contributed by atoms with Crippen LogP contribution in [-0.4, -0.2) is 36.5 Å². The fraction of sp³-hybridized carbons (Fsp3) is 0.231. The van der Waals surface area contributed by atoms with Crippen molar-refractivity contribution in [1.29, 1.82) is 0 Å². The van der Waals surface area contributed by atoms with Crippen LogP contribution in [0.2, 0.25) is 10.0 Å². The van der Waals surface area contributed by atoms with E-state index in [1.54, 1.807) is 43.2 Å². The molecule has 2 amide bonds. The maximum absolute atomic E-state index is 12.9. The van der Waals surface area contributed by atoms with Crippen molar-refractivity contribution >= 4 is 40.7 Å². The van der Waals surface area contributed by atoms with Gasteiger partial charge in [-0.3, -0.25) is 9.59 Å². The van der Waals surface area contributed by atoms with E-state index in [4.69, 9.17) is 32.7 Å². The summed E-state index contributed by atoms with van der Waals surface area (Å²) in [7, 11) is 1.63. The Morgan fingerprint density at radius 3 is 2.56 bits per heavy atom. The topological polar surface area (TPSA) is 67.9 Å². The quantitative estimate of drug-likeness (QED) is 0.479. The summed E-state index contributed by atoms with van der Waals surface area (Å²) in [6.45, 7) is 2.67. The van der Waals surface area contributed by atoms with Crippen molar-refractivity contribution in [3.63, 3.8) is 0 Å². The fourth-order valence-corrected chi connectivity index (χ4v) is 4.06. The minimum atomic E-state index is -0.603. The third-order valence-corrected chi connectivity index (χ3v) is 6.39. The van der Waals surface area contributed by atoms with Crippen molar-refractivity contribution in [2.45, 2.75) is 26.0 Å². The molecule has 0 fully saturated rings. The predicted molar refractivity (Wildman–Crippen MR) is 133 cm³/mol. The summed E-state index contributed by atoms with van der Waals surface area (Å²) in [5, 5.41) is 3.56. The molecule has 1 unspecified atom stereocenters. The van der Waals surface area contributed by atoms with E-state index in [-0.39, 0.29) is 11.8 Å². The molecule has 0 radical (unpaired) electrons. The van der Waals surface area contributed by atoms with Crippen LogP contribution in [-0.2, 0) is 17.8 Å². The number of ether oxygens (including phenoxy) is 2.